The lowest BCUT2D eigenvalue weighted by Crippen LogP contribution is -2.54. The van der Waals surface area contributed by atoms with Gasteiger partial charge in [-0.15, -0.1) is 0 Å². The highest BCUT2D eigenvalue weighted by Crippen LogP contribution is 2.06. The standard InChI is InChI=1S/C21H34N6O5/c22-11-5-4-9-17(20(30)31)27-19(29)16(10-6-12-25-21(24)32)26-18(28)15(23)13-14-7-2-1-3-8-14/h1-3,7-8,15-17H,4-6,9-13,22-23H2,(H,26,28)(H,27,29)(H,30,31)(H3,24,25,32)/t15-,16-,17-/m0/s1. The van der Waals surface area contributed by atoms with E-state index in [-0.39, 0.29) is 25.8 Å². The Labute approximate surface area is 187 Å². The van der Waals surface area contributed by atoms with E-state index >= 15 is 0 Å². The molecule has 11 heteroatoms. The molecule has 0 aromatic heterocycles. The number of carbonyl (C=O) groups is 4. The molecule has 178 valence electrons. The molecule has 0 aliphatic heterocycles. The minimum atomic E-state index is -1.17. The Hall–Kier alpha value is -3.18. The van der Waals surface area contributed by atoms with Gasteiger partial charge in [-0.05, 0) is 50.6 Å². The summed E-state index contributed by atoms with van der Waals surface area (Å²) in [7, 11) is 0. The molecule has 0 aliphatic carbocycles. The van der Waals surface area contributed by atoms with Crippen LogP contribution in [-0.2, 0) is 20.8 Å². The molecule has 0 radical (unpaired) electrons. The lowest BCUT2D eigenvalue weighted by atomic mass is 10.0. The Balaban J connectivity index is 2.78. The minimum absolute atomic E-state index is 0.158. The van der Waals surface area contributed by atoms with Gasteiger partial charge in [-0.1, -0.05) is 30.3 Å². The third-order valence-corrected chi connectivity index (χ3v) is 4.80. The Morgan fingerprint density at radius 2 is 1.53 bits per heavy atom. The molecular weight excluding hydrogens is 416 g/mol. The van der Waals surface area contributed by atoms with E-state index < -0.39 is 41.9 Å². The molecule has 3 atom stereocenters. The number of unbranched alkanes of at least 4 members (excludes halogenated alkanes) is 1. The Bertz CT molecular complexity index is 745. The van der Waals surface area contributed by atoms with Crippen LogP contribution in [0.1, 0.15) is 37.7 Å². The van der Waals surface area contributed by atoms with E-state index in [1.807, 2.05) is 30.3 Å². The molecule has 0 heterocycles. The highest BCUT2D eigenvalue weighted by molar-refractivity contribution is 5.91. The maximum atomic E-state index is 12.8. The number of nitrogens with two attached hydrogens (primary N) is 3. The second-order valence-electron chi connectivity index (χ2n) is 7.47. The molecule has 0 bridgehead atoms. The Morgan fingerprint density at radius 1 is 0.906 bits per heavy atom. The van der Waals surface area contributed by atoms with Crippen molar-refractivity contribution in [3.8, 4) is 0 Å². The Kier molecular flexibility index (Phi) is 12.4. The van der Waals surface area contributed by atoms with Crippen LogP contribution in [0, 0.1) is 0 Å². The number of aliphatic carboxylic acids is 1. The molecule has 1 rings (SSSR count). The van der Waals surface area contributed by atoms with Gasteiger partial charge in [-0.3, -0.25) is 9.59 Å². The molecule has 1 aromatic rings. The first kappa shape index (κ1) is 26.9. The number of amides is 4. The topological polar surface area (TPSA) is 203 Å². The van der Waals surface area contributed by atoms with E-state index in [0.29, 0.717) is 25.8 Å². The smallest absolute Gasteiger partial charge is 0.326 e. The van der Waals surface area contributed by atoms with Crippen molar-refractivity contribution in [2.45, 2.75) is 56.7 Å². The average molecular weight is 451 g/mol. The molecule has 0 saturated carbocycles. The molecule has 4 amide bonds. The van der Waals surface area contributed by atoms with Crippen LogP contribution >= 0.6 is 0 Å². The molecule has 32 heavy (non-hydrogen) atoms. The van der Waals surface area contributed by atoms with E-state index in [1.165, 1.54) is 0 Å². The van der Waals surface area contributed by atoms with E-state index in [1.54, 1.807) is 0 Å². The summed E-state index contributed by atoms with van der Waals surface area (Å²) in [5.74, 6) is -2.34. The SMILES string of the molecule is NCCCC[C@H](NC(=O)[C@H](CCCNC(N)=O)NC(=O)[C@@H](N)Cc1ccccc1)C(=O)O. The van der Waals surface area contributed by atoms with Crippen molar-refractivity contribution in [1.82, 2.24) is 16.0 Å². The van der Waals surface area contributed by atoms with Crippen LogP contribution in [0.2, 0.25) is 0 Å². The van der Waals surface area contributed by atoms with E-state index in [4.69, 9.17) is 17.2 Å². The summed E-state index contributed by atoms with van der Waals surface area (Å²) in [6, 6.07) is 5.48. The summed E-state index contributed by atoms with van der Waals surface area (Å²) >= 11 is 0. The van der Waals surface area contributed by atoms with Gasteiger partial charge in [-0.25, -0.2) is 9.59 Å². The number of hydrogen-bond donors (Lipinski definition) is 7. The van der Waals surface area contributed by atoms with E-state index in [0.717, 1.165) is 5.56 Å². The second kappa shape index (κ2) is 14.8. The highest BCUT2D eigenvalue weighted by Gasteiger charge is 2.27. The second-order valence-corrected chi connectivity index (χ2v) is 7.47. The van der Waals surface area contributed by atoms with Crippen molar-refractivity contribution in [3.63, 3.8) is 0 Å². The number of nitrogens with one attached hydrogen (secondary N) is 3. The molecule has 1 aromatic carbocycles. The minimum Gasteiger partial charge on any atom is -0.480 e. The van der Waals surface area contributed by atoms with Crippen LogP contribution in [-0.4, -0.2) is 60.1 Å². The number of primary amides is 1. The molecule has 11 nitrogen and oxygen atoms in total. The number of carboxylic acid groups (broad SMARTS) is 1. The van der Waals surface area contributed by atoms with Gasteiger partial charge in [0.2, 0.25) is 11.8 Å². The predicted molar refractivity (Wildman–Crippen MR) is 119 cm³/mol. The molecule has 10 N–H and O–H groups in total. The van der Waals surface area contributed by atoms with Crippen molar-refractivity contribution in [2.24, 2.45) is 17.2 Å². The molecule has 0 saturated heterocycles. The fourth-order valence-corrected chi connectivity index (χ4v) is 3.05. The third kappa shape index (κ3) is 10.7. The van der Waals surface area contributed by atoms with Crippen molar-refractivity contribution >= 4 is 23.8 Å². The number of carboxylic acids is 1. The van der Waals surface area contributed by atoms with Crippen LogP contribution in [0.3, 0.4) is 0 Å². The summed E-state index contributed by atoms with van der Waals surface area (Å²) < 4.78 is 0. The molecule has 0 spiro atoms. The zero-order valence-corrected chi connectivity index (χ0v) is 18.1. The van der Waals surface area contributed by atoms with Crippen molar-refractivity contribution in [3.05, 3.63) is 35.9 Å². The molecular formula is C21H34N6O5. The van der Waals surface area contributed by atoms with Gasteiger partial charge < -0.3 is 38.3 Å². The third-order valence-electron chi connectivity index (χ3n) is 4.80. The fraction of sp³-hybridized carbons (Fsp3) is 0.524. The van der Waals surface area contributed by atoms with Gasteiger partial charge in [0.15, 0.2) is 0 Å². The lowest BCUT2D eigenvalue weighted by molar-refractivity contribution is -0.142. The first-order valence-electron chi connectivity index (χ1n) is 10.6. The monoisotopic (exact) mass is 450 g/mol. The first-order chi connectivity index (χ1) is 15.2. The molecule has 0 aliphatic rings. The number of benzene rings is 1. The summed E-state index contributed by atoms with van der Waals surface area (Å²) in [4.78, 5) is 47.7. The van der Waals surface area contributed by atoms with Crippen LogP contribution in [0.25, 0.3) is 0 Å². The molecule has 0 unspecified atom stereocenters. The van der Waals surface area contributed by atoms with Crippen molar-refractivity contribution in [1.29, 1.82) is 0 Å². The predicted octanol–water partition coefficient (Wildman–Crippen LogP) is -0.812. The van der Waals surface area contributed by atoms with Gasteiger partial charge >= 0.3 is 12.0 Å². The van der Waals surface area contributed by atoms with Gasteiger partial charge in [0.1, 0.15) is 12.1 Å². The molecule has 0 fully saturated rings. The number of hydrogen-bond acceptors (Lipinski definition) is 6. The van der Waals surface area contributed by atoms with Gasteiger partial charge in [0, 0.05) is 6.54 Å². The highest BCUT2D eigenvalue weighted by atomic mass is 16.4. The number of urea groups is 1. The summed E-state index contributed by atoms with van der Waals surface area (Å²) in [5, 5.41) is 16.9. The summed E-state index contributed by atoms with van der Waals surface area (Å²) in [5.41, 5.74) is 17.3. The van der Waals surface area contributed by atoms with Gasteiger partial charge in [-0.2, -0.15) is 0 Å². The average Bonchev–Trinajstić information content (AvgIpc) is 2.75. The van der Waals surface area contributed by atoms with Crippen LogP contribution in [0.4, 0.5) is 4.79 Å². The maximum Gasteiger partial charge on any atom is 0.326 e. The van der Waals surface area contributed by atoms with Crippen molar-refractivity contribution < 1.29 is 24.3 Å². The van der Waals surface area contributed by atoms with Gasteiger partial charge in [0.25, 0.3) is 0 Å². The summed E-state index contributed by atoms with van der Waals surface area (Å²) in [6.07, 6.45) is 2.16. The number of carbonyl (C=O) groups excluding carboxylic acids is 3. The summed E-state index contributed by atoms with van der Waals surface area (Å²) in [6.45, 7) is 0.620. The zero-order chi connectivity index (χ0) is 23.9. The number of rotatable bonds is 15. The van der Waals surface area contributed by atoms with Crippen LogP contribution < -0.4 is 33.2 Å². The zero-order valence-electron chi connectivity index (χ0n) is 18.1. The van der Waals surface area contributed by atoms with E-state index in [9.17, 15) is 24.3 Å². The fourth-order valence-electron chi connectivity index (χ4n) is 3.05. The van der Waals surface area contributed by atoms with E-state index in [2.05, 4.69) is 16.0 Å². The van der Waals surface area contributed by atoms with Crippen molar-refractivity contribution in [2.75, 3.05) is 13.1 Å². The normalized spacial score (nSPS) is 13.4. The lowest BCUT2D eigenvalue weighted by Gasteiger charge is -2.23. The van der Waals surface area contributed by atoms with Crippen LogP contribution in [0.5, 0.6) is 0 Å². The quantitative estimate of drug-likeness (QED) is 0.169. The van der Waals surface area contributed by atoms with Gasteiger partial charge in [0.05, 0.1) is 6.04 Å². The Morgan fingerprint density at radius 3 is 2.12 bits per heavy atom. The first-order valence-corrected chi connectivity index (χ1v) is 10.6. The maximum absolute atomic E-state index is 12.8. The largest absolute Gasteiger partial charge is 0.480 e. The van der Waals surface area contributed by atoms with Crippen LogP contribution in [0.15, 0.2) is 30.3 Å².